The van der Waals surface area contributed by atoms with E-state index in [0.29, 0.717) is 5.69 Å². The Morgan fingerprint density at radius 1 is 1.47 bits per heavy atom. The second kappa shape index (κ2) is 5.15. The number of aliphatic hydroxyl groups excluding tert-OH is 1. The predicted molar refractivity (Wildman–Crippen MR) is 65.6 cm³/mol. The van der Waals surface area contributed by atoms with E-state index < -0.39 is 0 Å². The number of nitriles is 1. The highest BCUT2D eigenvalue weighted by Gasteiger charge is 2.27. The summed E-state index contributed by atoms with van der Waals surface area (Å²) < 4.78 is 0. The molecule has 2 atom stereocenters. The zero-order chi connectivity index (χ0) is 12.3. The van der Waals surface area contributed by atoms with Gasteiger partial charge in [-0.05, 0) is 25.0 Å². The van der Waals surface area contributed by atoms with E-state index in [0.717, 1.165) is 31.4 Å². The van der Waals surface area contributed by atoms with Crippen LogP contribution in [0, 0.1) is 11.3 Å². The number of pyridine rings is 1. The number of likely N-dealkylation sites (N-methyl/N-ethyl adjacent to an activating group) is 1. The minimum atomic E-state index is -0.305. The van der Waals surface area contributed by atoms with E-state index in [1.807, 2.05) is 24.1 Å². The summed E-state index contributed by atoms with van der Waals surface area (Å²) in [6, 6.07) is 5.90. The van der Waals surface area contributed by atoms with Crippen LogP contribution in [0.3, 0.4) is 0 Å². The summed E-state index contributed by atoms with van der Waals surface area (Å²) >= 11 is 0. The van der Waals surface area contributed by atoms with Crippen LogP contribution in [0.2, 0.25) is 0 Å². The van der Waals surface area contributed by atoms with E-state index in [4.69, 9.17) is 5.26 Å². The van der Waals surface area contributed by atoms with Crippen molar-refractivity contribution in [2.75, 3.05) is 11.9 Å². The molecule has 0 radical (unpaired) electrons. The Morgan fingerprint density at radius 3 is 2.94 bits per heavy atom. The van der Waals surface area contributed by atoms with Gasteiger partial charge in [0.15, 0.2) is 5.69 Å². The van der Waals surface area contributed by atoms with Crippen LogP contribution in [0.15, 0.2) is 18.3 Å². The van der Waals surface area contributed by atoms with Crippen molar-refractivity contribution >= 4 is 5.69 Å². The molecule has 17 heavy (non-hydrogen) atoms. The van der Waals surface area contributed by atoms with Crippen LogP contribution in [0.5, 0.6) is 0 Å². The Morgan fingerprint density at radius 2 is 2.24 bits per heavy atom. The molecule has 2 unspecified atom stereocenters. The molecule has 0 aliphatic heterocycles. The molecular formula is C13H17N3O. The summed E-state index contributed by atoms with van der Waals surface area (Å²) in [5.74, 6) is 0. The third-order valence-corrected chi connectivity index (χ3v) is 3.46. The van der Waals surface area contributed by atoms with Crippen molar-refractivity contribution in [3.63, 3.8) is 0 Å². The fourth-order valence-electron chi connectivity index (χ4n) is 2.49. The SMILES string of the molecule is CN(c1cccnc1C#N)C1CCCCC1O. The van der Waals surface area contributed by atoms with Crippen LogP contribution in [0.25, 0.3) is 0 Å². The lowest BCUT2D eigenvalue weighted by atomic mass is 9.91. The fraction of sp³-hybridized carbons (Fsp3) is 0.538. The first-order chi connectivity index (χ1) is 8.24. The minimum absolute atomic E-state index is 0.0973. The Labute approximate surface area is 102 Å². The van der Waals surface area contributed by atoms with E-state index in [2.05, 4.69) is 11.1 Å². The Balaban J connectivity index is 2.24. The molecule has 4 heteroatoms. The largest absolute Gasteiger partial charge is 0.391 e. The van der Waals surface area contributed by atoms with Gasteiger partial charge < -0.3 is 10.0 Å². The standard InChI is InChI=1S/C13H17N3O/c1-16(12-5-2-3-7-13(12)17)11-6-4-8-15-10(11)9-14/h4,6,8,12-13,17H,2-3,5,7H2,1H3. The first-order valence-electron chi connectivity index (χ1n) is 6.00. The van der Waals surface area contributed by atoms with E-state index in [1.54, 1.807) is 6.20 Å². The van der Waals surface area contributed by atoms with Gasteiger partial charge in [0.1, 0.15) is 6.07 Å². The molecule has 1 aliphatic rings. The summed E-state index contributed by atoms with van der Waals surface area (Å²) in [6.07, 6.45) is 5.35. The molecule has 1 aromatic heterocycles. The zero-order valence-corrected chi connectivity index (χ0v) is 10.0. The number of aromatic nitrogens is 1. The average Bonchev–Trinajstić information content (AvgIpc) is 2.38. The van der Waals surface area contributed by atoms with Crippen LogP contribution in [-0.4, -0.2) is 29.3 Å². The smallest absolute Gasteiger partial charge is 0.163 e. The van der Waals surface area contributed by atoms with Crippen LogP contribution in [0.4, 0.5) is 5.69 Å². The molecule has 90 valence electrons. The summed E-state index contributed by atoms with van der Waals surface area (Å²) in [5.41, 5.74) is 1.23. The first-order valence-corrected chi connectivity index (χ1v) is 6.00. The van der Waals surface area contributed by atoms with E-state index in [1.165, 1.54) is 0 Å². The average molecular weight is 231 g/mol. The van der Waals surface area contributed by atoms with Crippen LogP contribution >= 0.6 is 0 Å². The number of rotatable bonds is 2. The first kappa shape index (κ1) is 11.9. The molecule has 1 fully saturated rings. The second-order valence-corrected chi connectivity index (χ2v) is 4.51. The molecule has 1 N–H and O–H groups in total. The third kappa shape index (κ3) is 2.40. The number of aliphatic hydroxyl groups is 1. The molecule has 1 heterocycles. The molecule has 0 amide bonds. The maximum Gasteiger partial charge on any atom is 0.163 e. The summed E-state index contributed by atoms with van der Waals surface area (Å²) in [5, 5.41) is 19.0. The predicted octanol–water partition coefficient (Wildman–Crippen LogP) is 1.69. The Hall–Kier alpha value is -1.60. The van der Waals surface area contributed by atoms with Crippen molar-refractivity contribution < 1.29 is 5.11 Å². The lowest BCUT2D eigenvalue weighted by molar-refractivity contribution is 0.106. The Bertz CT molecular complexity index is 427. The summed E-state index contributed by atoms with van der Waals surface area (Å²) in [7, 11) is 1.93. The zero-order valence-electron chi connectivity index (χ0n) is 10.0. The Kier molecular flexibility index (Phi) is 3.60. The van der Waals surface area contributed by atoms with Crippen molar-refractivity contribution in [1.29, 1.82) is 5.26 Å². The lowest BCUT2D eigenvalue weighted by Crippen LogP contribution is -2.43. The topological polar surface area (TPSA) is 60.2 Å². The van der Waals surface area contributed by atoms with E-state index in [9.17, 15) is 5.11 Å². The minimum Gasteiger partial charge on any atom is -0.391 e. The second-order valence-electron chi connectivity index (χ2n) is 4.51. The molecule has 0 saturated heterocycles. The van der Waals surface area contributed by atoms with Gasteiger partial charge >= 0.3 is 0 Å². The fourth-order valence-corrected chi connectivity index (χ4v) is 2.49. The van der Waals surface area contributed by atoms with Crippen LogP contribution < -0.4 is 4.90 Å². The molecular weight excluding hydrogens is 214 g/mol. The highest BCUT2D eigenvalue weighted by atomic mass is 16.3. The number of nitrogens with zero attached hydrogens (tertiary/aromatic N) is 3. The molecule has 2 rings (SSSR count). The van der Waals surface area contributed by atoms with Gasteiger partial charge in [-0.1, -0.05) is 12.8 Å². The van der Waals surface area contributed by atoms with Gasteiger partial charge in [0, 0.05) is 13.2 Å². The maximum atomic E-state index is 10.0. The van der Waals surface area contributed by atoms with Gasteiger partial charge in [0.05, 0.1) is 17.8 Å². The van der Waals surface area contributed by atoms with Gasteiger partial charge in [-0.3, -0.25) is 0 Å². The number of hydrogen-bond donors (Lipinski definition) is 1. The van der Waals surface area contributed by atoms with Gasteiger partial charge in [-0.15, -0.1) is 0 Å². The van der Waals surface area contributed by atoms with Crippen LogP contribution in [0.1, 0.15) is 31.4 Å². The molecule has 4 nitrogen and oxygen atoms in total. The van der Waals surface area contributed by atoms with Crippen molar-refractivity contribution in [3.8, 4) is 6.07 Å². The van der Waals surface area contributed by atoms with Crippen molar-refractivity contribution in [2.45, 2.75) is 37.8 Å². The van der Waals surface area contributed by atoms with E-state index in [-0.39, 0.29) is 12.1 Å². The molecule has 1 saturated carbocycles. The highest BCUT2D eigenvalue weighted by Crippen LogP contribution is 2.27. The quantitative estimate of drug-likeness (QED) is 0.841. The van der Waals surface area contributed by atoms with Crippen molar-refractivity contribution in [2.24, 2.45) is 0 Å². The molecule has 1 aliphatic carbocycles. The van der Waals surface area contributed by atoms with Gasteiger partial charge in [0.25, 0.3) is 0 Å². The summed E-state index contributed by atoms with van der Waals surface area (Å²) in [4.78, 5) is 6.05. The van der Waals surface area contributed by atoms with Gasteiger partial charge in [-0.2, -0.15) is 5.26 Å². The molecule has 0 aromatic carbocycles. The van der Waals surface area contributed by atoms with Gasteiger partial charge in [0.2, 0.25) is 0 Å². The monoisotopic (exact) mass is 231 g/mol. The maximum absolute atomic E-state index is 10.0. The van der Waals surface area contributed by atoms with Crippen LogP contribution in [-0.2, 0) is 0 Å². The molecule has 0 spiro atoms. The number of hydrogen-bond acceptors (Lipinski definition) is 4. The lowest BCUT2D eigenvalue weighted by Gasteiger charge is -2.36. The molecule has 0 bridgehead atoms. The van der Waals surface area contributed by atoms with Gasteiger partial charge in [-0.25, -0.2) is 4.98 Å². The normalized spacial score (nSPS) is 24.1. The number of anilines is 1. The van der Waals surface area contributed by atoms with Crippen molar-refractivity contribution in [1.82, 2.24) is 4.98 Å². The van der Waals surface area contributed by atoms with E-state index >= 15 is 0 Å². The third-order valence-electron chi connectivity index (χ3n) is 3.46. The summed E-state index contributed by atoms with van der Waals surface area (Å²) in [6.45, 7) is 0. The van der Waals surface area contributed by atoms with Crippen molar-refractivity contribution in [3.05, 3.63) is 24.0 Å². The molecule has 1 aromatic rings. The highest BCUT2D eigenvalue weighted by molar-refractivity contribution is 5.56.